The number of rotatable bonds is 9. The molecule has 2 aliphatic heterocycles. The SMILES string of the molecule is C[C@@H]1CCCN1Cc1sc(CC(=O)c2cnc(N3CCN(CC(=O)O)CC3)cn2)nc1-c1cc(Cl)cc(C(F)(F)F)c1. The molecule has 0 unspecified atom stereocenters. The highest BCUT2D eigenvalue weighted by Gasteiger charge is 2.32. The summed E-state index contributed by atoms with van der Waals surface area (Å²) in [4.78, 5) is 44.3. The molecule has 0 bridgehead atoms. The van der Waals surface area contributed by atoms with Gasteiger partial charge >= 0.3 is 12.1 Å². The molecule has 9 nitrogen and oxygen atoms in total. The number of hydrogen-bond acceptors (Lipinski definition) is 9. The summed E-state index contributed by atoms with van der Waals surface area (Å²) in [6.07, 6.45) is 0.397. The van der Waals surface area contributed by atoms with Crippen molar-refractivity contribution in [2.75, 3.05) is 44.2 Å². The van der Waals surface area contributed by atoms with E-state index in [-0.39, 0.29) is 35.0 Å². The first-order valence-electron chi connectivity index (χ1n) is 13.6. The van der Waals surface area contributed by atoms with E-state index in [1.165, 1.54) is 29.8 Å². The Morgan fingerprint density at radius 3 is 2.48 bits per heavy atom. The largest absolute Gasteiger partial charge is 0.480 e. The van der Waals surface area contributed by atoms with Crippen molar-refractivity contribution in [3.05, 3.63) is 56.8 Å². The van der Waals surface area contributed by atoms with Crippen LogP contribution in [0.4, 0.5) is 19.0 Å². The first-order valence-corrected chi connectivity index (χ1v) is 14.8. The molecule has 2 aromatic heterocycles. The van der Waals surface area contributed by atoms with Gasteiger partial charge in [-0.15, -0.1) is 11.3 Å². The van der Waals surface area contributed by atoms with E-state index in [2.05, 4.69) is 26.8 Å². The van der Waals surface area contributed by atoms with Crippen molar-refractivity contribution >= 4 is 40.5 Å². The second-order valence-corrected chi connectivity index (χ2v) is 12.2. The maximum Gasteiger partial charge on any atom is 0.416 e. The number of carbonyl (C=O) groups is 2. The van der Waals surface area contributed by atoms with Gasteiger partial charge in [-0.3, -0.25) is 19.4 Å². The van der Waals surface area contributed by atoms with Gasteiger partial charge in [-0.2, -0.15) is 13.2 Å². The lowest BCUT2D eigenvalue weighted by Gasteiger charge is -2.34. The zero-order valence-corrected chi connectivity index (χ0v) is 24.5. The third kappa shape index (κ3) is 7.25. The van der Waals surface area contributed by atoms with Crippen LogP contribution in [0.5, 0.6) is 0 Å². The van der Waals surface area contributed by atoms with E-state index < -0.39 is 17.7 Å². The van der Waals surface area contributed by atoms with Crippen LogP contribution in [0.2, 0.25) is 5.02 Å². The number of piperazine rings is 1. The van der Waals surface area contributed by atoms with E-state index in [0.29, 0.717) is 55.3 Å². The van der Waals surface area contributed by atoms with Crippen LogP contribution in [0.15, 0.2) is 30.6 Å². The number of thiazole rings is 1. The molecule has 14 heteroatoms. The fraction of sp³-hybridized carbons (Fsp3) is 0.464. The Balaban J connectivity index is 1.34. The molecule has 2 aliphatic rings. The van der Waals surface area contributed by atoms with Crippen molar-refractivity contribution in [1.29, 1.82) is 0 Å². The molecule has 0 saturated carbocycles. The second kappa shape index (κ2) is 12.6. The average molecular weight is 623 g/mol. The highest BCUT2D eigenvalue weighted by molar-refractivity contribution is 7.12. The maximum absolute atomic E-state index is 13.5. The number of benzene rings is 1. The number of likely N-dealkylation sites (tertiary alicyclic amines) is 1. The van der Waals surface area contributed by atoms with Crippen LogP contribution in [0.25, 0.3) is 11.3 Å². The molecule has 1 N–H and O–H groups in total. The summed E-state index contributed by atoms with van der Waals surface area (Å²) in [5.41, 5.74) is -0.0239. The Morgan fingerprint density at radius 1 is 1.10 bits per heavy atom. The van der Waals surface area contributed by atoms with Crippen LogP contribution in [0.1, 0.15) is 45.7 Å². The molecule has 3 aromatic rings. The minimum absolute atomic E-state index is 0.00893. The minimum Gasteiger partial charge on any atom is -0.480 e. The summed E-state index contributed by atoms with van der Waals surface area (Å²) in [5, 5.41) is 9.42. The minimum atomic E-state index is -4.56. The molecule has 0 aliphatic carbocycles. The number of anilines is 1. The van der Waals surface area contributed by atoms with Crippen molar-refractivity contribution in [3.63, 3.8) is 0 Å². The number of alkyl halides is 3. The van der Waals surface area contributed by atoms with Crippen LogP contribution in [0.3, 0.4) is 0 Å². The van der Waals surface area contributed by atoms with Crippen LogP contribution in [-0.2, 0) is 23.9 Å². The molecule has 42 heavy (non-hydrogen) atoms. The summed E-state index contributed by atoms with van der Waals surface area (Å²) >= 11 is 7.40. The molecular weight excluding hydrogens is 593 g/mol. The number of carboxylic acids is 1. The van der Waals surface area contributed by atoms with Crippen LogP contribution >= 0.6 is 22.9 Å². The molecule has 1 atom stereocenters. The summed E-state index contributed by atoms with van der Waals surface area (Å²) in [5.74, 6) is -0.569. The Labute approximate surface area is 250 Å². The molecule has 4 heterocycles. The topological polar surface area (TPSA) is 103 Å². The number of halogens is 4. The molecule has 0 spiro atoms. The first kappa shape index (κ1) is 30.3. The molecule has 224 valence electrons. The third-order valence-corrected chi connectivity index (χ3v) is 8.83. The van der Waals surface area contributed by atoms with Crippen molar-refractivity contribution in [2.24, 2.45) is 0 Å². The highest BCUT2D eigenvalue weighted by Crippen LogP contribution is 2.38. The van der Waals surface area contributed by atoms with Gasteiger partial charge in [0.05, 0.1) is 36.6 Å². The van der Waals surface area contributed by atoms with Crippen molar-refractivity contribution in [2.45, 2.75) is 44.9 Å². The van der Waals surface area contributed by atoms with Crippen LogP contribution in [-0.4, -0.2) is 86.9 Å². The smallest absolute Gasteiger partial charge is 0.416 e. The van der Waals surface area contributed by atoms with E-state index in [4.69, 9.17) is 16.7 Å². The zero-order chi connectivity index (χ0) is 30.0. The molecule has 5 rings (SSSR count). The Bertz CT molecular complexity index is 1440. The Hall–Kier alpha value is -3.13. The molecule has 2 fully saturated rings. The lowest BCUT2D eigenvalue weighted by molar-refractivity contribution is -0.139. The summed E-state index contributed by atoms with van der Waals surface area (Å²) in [6.45, 7) is 5.86. The van der Waals surface area contributed by atoms with Crippen molar-refractivity contribution in [1.82, 2.24) is 24.8 Å². The van der Waals surface area contributed by atoms with Gasteiger partial charge in [0.15, 0.2) is 5.78 Å². The molecule has 0 amide bonds. The number of aliphatic carboxylic acids is 1. The zero-order valence-electron chi connectivity index (χ0n) is 22.9. The number of nitrogens with zero attached hydrogens (tertiary/aromatic N) is 6. The Morgan fingerprint density at radius 2 is 1.86 bits per heavy atom. The van der Waals surface area contributed by atoms with Crippen molar-refractivity contribution < 1.29 is 27.9 Å². The van der Waals surface area contributed by atoms with Gasteiger partial charge in [0.1, 0.15) is 16.5 Å². The van der Waals surface area contributed by atoms with Gasteiger partial charge in [0.25, 0.3) is 0 Å². The number of carboxylic acid groups (broad SMARTS) is 1. The fourth-order valence-corrected chi connectivity index (χ4v) is 6.64. The van der Waals surface area contributed by atoms with Crippen LogP contribution < -0.4 is 4.90 Å². The molecular formula is C28H30ClF3N6O3S. The normalized spacial score (nSPS) is 18.5. The second-order valence-electron chi connectivity index (χ2n) is 10.6. The number of ketones is 1. The lowest BCUT2D eigenvalue weighted by Crippen LogP contribution is -2.48. The van der Waals surface area contributed by atoms with Crippen LogP contribution in [0, 0.1) is 0 Å². The first-order chi connectivity index (χ1) is 20.0. The van der Waals surface area contributed by atoms with E-state index in [9.17, 15) is 22.8 Å². The predicted molar refractivity (Wildman–Crippen MR) is 153 cm³/mol. The molecule has 0 radical (unpaired) electrons. The average Bonchev–Trinajstić information content (AvgIpc) is 3.53. The number of carbonyl (C=O) groups excluding carboxylic acids is 1. The van der Waals surface area contributed by atoms with Gasteiger partial charge in [0.2, 0.25) is 0 Å². The summed E-state index contributed by atoms with van der Waals surface area (Å²) < 4.78 is 40.6. The summed E-state index contributed by atoms with van der Waals surface area (Å²) in [7, 11) is 0. The third-order valence-electron chi connectivity index (χ3n) is 7.57. The van der Waals surface area contributed by atoms with E-state index in [1.54, 1.807) is 0 Å². The highest BCUT2D eigenvalue weighted by atomic mass is 35.5. The van der Waals surface area contributed by atoms with Gasteiger partial charge in [0, 0.05) is 54.2 Å². The van der Waals surface area contributed by atoms with Gasteiger partial charge in [-0.1, -0.05) is 11.6 Å². The van der Waals surface area contributed by atoms with E-state index >= 15 is 0 Å². The predicted octanol–water partition coefficient (Wildman–Crippen LogP) is 4.89. The maximum atomic E-state index is 13.5. The van der Waals surface area contributed by atoms with E-state index in [1.807, 2.05) is 9.80 Å². The van der Waals surface area contributed by atoms with Gasteiger partial charge < -0.3 is 10.0 Å². The van der Waals surface area contributed by atoms with Gasteiger partial charge in [-0.25, -0.2) is 15.0 Å². The van der Waals surface area contributed by atoms with E-state index in [0.717, 1.165) is 36.4 Å². The number of aromatic nitrogens is 3. The Kier molecular flexibility index (Phi) is 9.11. The quantitative estimate of drug-likeness (QED) is 0.334. The molecule has 1 aromatic carbocycles. The number of Topliss-reactive ketones (excluding diaryl/α,β-unsaturated/α-hetero) is 1. The molecule has 2 saturated heterocycles. The lowest BCUT2D eigenvalue weighted by atomic mass is 10.1. The fourth-order valence-electron chi connectivity index (χ4n) is 5.29. The summed E-state index contributed by atoms with van der Waals surface area (Å²) in [6, 6.07) is 3.75. The monoisotopic (exact) mass is 622 g/mol. The standard InChI is InChI=1S/C28H30ClF3N6O3S/c1-17-3-2-4-38(17)15-23-27(18-9-19(28(30,31)32)11-20(29)10-18)35-25(42-23)12-22(39)21-13-34-24(14-33-21)37-7-5-36(6-8-37)16-26(40)41/h9-11,13-14,17H,2-8,12,15-16H2,1H3,(H,40,41)/t17-/m1/s1. The van der Waals surface area contributed by atoms with Gasteiger partial charge in [-0.05, 0) is 44.5 Å². The number of hydrogen-bond donors (Lipinski definition) is 1. The van der Waals surface area contributed by atoms with Crippen molar-refractivity contribution in [3.8, 4) is 11.3 Å².